The van der Waals surface area contributed by atoms with Crippen molar-refractivity contribution in [3.8, 4) is 5.75 Å². The Kier molecular flexibility index (Phi) is 5.11. The number of aliphatic hydroxyl groups is 1. The molecule has 0 fully saturated rings. The van der Waals surface area contributed by atoms with Gasteiger partial charge in [-0.3, -0.25) is 4.79 Å². The van der Waals surface area contributed by atoms with Gasteiger partial charge in [-0.1, -0.05) is 11.6 Å². The van der Waals surface area contributed by atoms with Gasteiger partial charge in [0, 0.05) is 17.1 Å². The summed E-state index contributed by atoms with van der Waals surface area (Å²) >= 11 is 5.81. The van der Waals surface area contributed by atoms with Crippen LogP contribution in [-0.2, 0) is 4.79 Å². The fourth-order valence-corrected chi connectivity index (χ4v) is 1.95. The Hall–Kier alpha value is -1.98. The summed E-state index contributed by atoms with van der Waals surface area (Å²) < 4.78 is 10.6. The van der Waals surface area contributed by atoms with Gasteiger partial charge < -0.3 is 19.6 Å². The van der Waals surface area contributed by atoms with E-state index in [1.54, 1.807) is 44.2 Å². The molecule has 0 bridgehead atoms. The minimum atomic E-state index is -1.08. The lowest BCUT2D eigenvalue weighted by atomic mass is 10.1. The van der Waals surface area contributed by atoms with Gasteiger partial charge in [0.25, 0.3) is 5.91 Å². The summed E-state index contributed by atoms with van der Waals surface area (Å²) in [7, 11) is 0. The van der Waals surface area contributed by atoms with Crippen molar-refractivity contribution >= 4 is 17.5 Å². The smallest absolute Gasteiger partial charge is 0.263 e. The van der Waals surface area contributed by atoms with Gasteiger partial charge in [-0.25, -0.2) is 0 Å². The molecule has 1 aromatic carbocycles. The van der Waals surface area contributed by atoms with E-state index in [0.717, 1.165) is 0 Å². The van der Waals surface area contributed by atoms with E-state index < -0.39 is 11.7 Å². The minimum absolute atomic E-state index is 0.0752. The Bertz CT molecular complexity index is 608. The molecule has 0 aliphatic rings. The van der Waals surface area contributed by atoms with Gasteiger partial charge in [-0.2, -0.15) is 0 Å². The Balaban J connectivity index is 1.91. The van der Waals surface area contributed by atoms with Crippen LogP contribution in [0.1, 0.15) is 25.5 Å². The van der Waals surface area contributed by atoms with Gasteiger partial charge in [0.2, 0.25) is 0 Å². The molecule has 2 rings (SSSR count). The largest absolute Gasteiger partial charge is 0.478 e. The Morgan fingerprint density at radius 2 is 2.05 bits per heavy atom. The summed E-state index contributed by atoms with van der Waals surface area (Å²) in [4.78, 5) is 12.2. The maximum atomic E-state index is 12.2. The third-order valence-electron chi connectivity index (χ3n) is 3.12. The monoisotopic (exact) mass is 323 g/mol. The van der Waals surface area contributed by atoms with Crippen molar-refractivity contribution in [2.45, 2.75) is 25.6 Å². The molecule has 0 spiro atoms. The number of amides is 1. The van der Waals surface area contributed by atoms with E-state index in [9.17, 15) is 9.90 Å². The molecule has 0 saturated heterocycles. The number of halogens is 1. The third kappa shape index (κ3) is 4.26. The van der Waals surface area contributed by atoms with E-state index in [1.807, 2.05) is 0 Å². The third-order valence-corrected chi connectivity index (χ3v) is 3.37. The second kappa shape index (κ2) is 6.85. The number of rotatable bonds is 6. The molecule has 0 aliphatic heterocycles. The molecule has 1 amide bonds. The molecule has 0 aliphatic carbocycles. The Morgan fingerprint density at radius 1 is 1.36 bits per heavy atom. The van der Waals surface area contributed by atoms with Crippen LogP contribution in [-0.4, -0.2) is 23.2 Å². The maximum Gasteiger partial charge on any atom is 0.263 e. The molecule has 6 heteroatoms. The number of aliphatic hydroxyl groups excluding tert-OH is 1. The summed E-state index contributed by atoms with van der Waals surface area (Å²) in [6, 6.07) is 8.41. The molecule has 0 saturated carbocycles. The molecule has 22 heavy (non-hydrogen) atoms. The number of hydrogen-bond acceptors (Lipinski definition) is 4. The molecule has 1 heterocycles. The van der Waals surface area contributed by atoms with Crippen molar-refractivity contribution < 1.29 is 19.1 Å². The highest BCUT2D eigenvalue weighted by Gasteiger charge is 2.30. The zero-order chi connectivity index (χ0) is 16.2. The molecule has 2 N–H and O–H groups in total. The standard InChI is InChI=1S/C16H18ClNO4/c1-16(2,22-13-5-3-12(17)4-6-13)15(20)18-9-14(19)11-7-8-21-10-11/h3-8,10,14,19H,9H2,1-2H3,(H,18,20)/t14-/m1/s1. The van der Waals surface area contributed by atoms with Crippen LogP contribution in [0.4, 0.5) is 0 Å². The topological polar surface area (TPSA) is 71.7 Å². The van der Waals surface area contributed by atoms with E-state index in [4.69, 9.17) is 20.8 Å². The van der Waals surface area contributed by atoms with Crippen LogP contribution in [0.2, 0.25) is 5.02 Å². The van der Waals surface area contributed by atoms with Crippen molar-refractivity contribution in [3.63, 3.8) is 0 Å². The first kappa shape index (κ1) is 16.4. The second-order valence-corrected chi connectivity index (χ2v) is 5.79. The average Bonchev–Trinajstić information content (AvgIpc) is 3.01. The molecular formula is C16H18ClNO4. The fraction of sp³-hybridized carbons (Fsp3) is 0.312. The Morgan fingerprint density at radius 3 is 2.64 bits per heavy atom. The molecule has 0 unspecified atom stereocenters. The van der Waals surface area contributed by atoms with E-state index in [0.29, 0.717) is 16.3 Å². The fourth-order valence-electron chi connectivity index (χ4n) is 1.83. The van der Waals surface area contributed by atoms with Crippen molar-refractivity contribution in [2.75, 3.05) is 6.54 Å². The number of carbonyl (C=O) groups excluding carboxylic acids is 1. The highest BCUT2D eigenvalue weighted by Crippen LogP contribution is 2.21. The zero-order valence-electron chi connectivity index (χ0n) is 12.4. The van der Waals surface area contributed by atoms with Crippen molar-refractivity contribution in [2.24, 2.45) is 0 Å². The SMILES string of the molecule is CC(C)(Oc1ccc(Cl)cc1)C(=O)NC[C@@H](O)c1ccoc1. The first-order valence-electron chi connectivity index (χ1n) is 6.81. The van der Waals surface area contributed by atoms with Crippen molar-refractivity contribution in [1.29, 1.82) is 0 Å². The van der Waals surface area contributed by atoms with Crippen LogP contribution < -0.4 is 10.1 Å². The van der Waals surface area contributed by atoms with E-state index >= 15 is 0 Å². The molecule has 1 aromatic heterocycles. The number of carbonyl (C=O) groups is 1. The van der Waals surface area contributed by atoms with Gasteiger partial charge >= 0.3 is 0 Å². The highest BCUT2D eigenvalue weighted by atomic mass is 35.5. The van der Waals surface area contributed by atoms with Crippen LogP contribution in [0.3, 0.4) is 0 Å². The number of benzene rings is 1. The van der Waals surface area contributed by atoms with E-state index in [1.165, 1.54) is 12.5 Å². The molecule has 0 radical (unpaired) electrons. The summed E-state index contributed by atoms with van der Waals surface area (Å²) in [6.45, 7) is 3.38. The molecule has 5 nitrogen and oxygen atoms in total. The lowest BCUT2D eigenvalue weighted by Gasteiger charge is -2.26. The quantitative estimate of drug-likeness (QED) is 0.857. The molecular weight excluding hydrogens is 306 g/mol. The number of nitrogens with one attached hydrogen (secondary N) is 1. The molecule has 118 valence electrons. The summed E-state index contributed by atoms with van der Waals surface area (Å²) in [6.07, 6.45) is 2.08. The van der Waals surface area contributed by atoms with Gasteiger partial charge in [-0.15, -0.1) is 0 Å². The van der Waals surface area contributed by atoms with Gasteiger partial charge in [0.05, 0.1) is 18.6 Å². The van der Waals surface area contributed by atoms with Crippen molar-refractivity contribution in [3.05, 3.63) is 53.4 Å². The Labute approximate surface area is 133 Å². The molecule has 1 atom stereocenters. The second-order valence-electron chi connectivity index (χ2n) is 5.35. The normalized spacial score (nSPS) is 12.7. The maximum absolute atomic E-state index is 12.2. The summed E-state index contributed by atoms with van der Waals surface area (Å²) in [5, 5.41) is 13.2. The van der Waals surface area contributed by atoms with Gasteiger partial charge in [0.15, 0.2) is 5.60 Å². The summed E-state index contributed by atoms with van der Waals surface area (Å²) in [5.41, 5.74) is -0.471. The zero-order valence-corrected chi connectivity index (χ0v) is 13.1. The first-order valence-corrected chi connectivity index (χ1v) is 7.19. The van der Waals surface area contributed by atoms with E-state index in [2.05, 4.69) is 5.32 Å². The molecule has 2 aromatic rings. The van der Waals surface area contributed by atoms with Crippen LogP contribution in [0, 0.1) is 0 Å². The minimum Gasteiger partial charge on any atom is -0.478 e. The van der Waals surface area contributed by atoms with Crippen molar-refractivity contribution in [1.82, 2.24) is 5.32 Å². The van der Waals surface area contributed by atoms with Crippen LogP contribution in [0.25, 0.3) is 0 Å². The lowest BCUT2D eigenvalue weighted by molar-refractivity contribution is -0.134. The van der Waals surface area contributed by atoms with E-state index in [-0.39, 0.29) is 12.5 Å². The van der Waals surface area contributed by atoms with Gasteiger partial charge in [-0.05, 0) is 44.2 Å². The number of furan rings is 1. The number of ether oxygens (including phenoxy) is 1. The average molecular weight is 324 g/mol. The van der Waals surface area contributed by atoms with Crippen LogP contribution in [0.5, 0.6) is 5.75 Å². The van der Waals surface area contributed by atoms with Crippen LogP contribution in [0.15, 0.2) is 47.3 Å². The lowest BCUT2D eigenvalue weighted by Crippen LogP contribution is -2.47. The van der Waals surface area contributed by atoms with Crippen LogP contribution >= 0.6 is 11.6 Å². The first-order chi connectivity index (χ1) is 10.4. The predicted molar refractivity (Wildman–Crippen MR) is 82.8 cm³/mol. The number of hydrogen-bond donors (Lipinski definition) is 2. The highest BCUT2D eigenvalue weighted by molar-refractivity contribution is 6.30. The van der Waals surface area contributed by atoms with Gasteiger partial charge in [0.1, 0.15) is 5.75 Å². The predicted octanol–water partition coefficient (Wildman–Crippen LogP) is 2.94. The summed E-state index contributed by atoms with van der Waals surface area (Å²) in [5.74, 6) is 0.213.